The molecule has 0 bridgehead atoms. The third-order valence-corrected chi connectivity index (χ3v) is 6.89. The quantitative estimate of drug-likeness (QED) is 0.251. The molecule has 0 aliphatic heterocycles. The average molecular weight is 583 g/mol. The first-order chi connectivity index (χ1) is 19.7. The zero-order chi connectivity index (χ0) is 29.5. The molecule has 0 aliphatic rings. The number of nitrogens with zero attached hydrogens (tertiary/aromatic N) is 1. The molecule has 3 aromatic carbocycles. The van der Waals surface area contributed by atoms with Gasteiger partial charge in [0.05, 0.1) is 17.4 Å². The standard InChI is InChI=1S/C33H34F2N2O4.Na/c1-21(2)31-30(33(41)36-26-11-7-4-8-12-26)29(22-9-5-3-6-10-22)32(23-13-15-24(34)16-14-23)37(31)18-17-27(38)19-25(35)20-28(39)40;/h3-16,21,25,27,38H,17-20H2,1-2H3,(H,36,41)(H,39,40);/q;+1/p-1/t25-,27?;/m0./s1. The van der Waals surface area contributed by atoms with E-state index in [2.05, 4.69) is 5.32 Å². The first-order valence-electron chi connectivity index (χ1n) is 13.6. The van der Waals surface area contributed by atoms with Gasteiger partial charge in [-0.2, -0.15) is 0 Å². The van der Waals surface area contributed by atoms with Crippen molar-refractivity contribution in [3.05, 3.63) is 102 Å². The van der Waals surface area contributed by atoms with Gasteiger partial charge in [0.15, 0.2) is 0 Å². The summed E-state index contributed by atoms with van der Waals surface area (Å²) in [7, 11) is 0. The molecule has 1 aromatic heterocycles. The number of alkyl halides is 1. The van der Waals surface area contributed by atoms with Crippen molar-refractivity contribution in [2.75, 3.05) is 5.32 Å². The van der Waals surface area contributed by atoms with E-state index in [-0.39, 0.29) is 60.8 Å². The molecule has 1 heterocycles. The van der Waals surface area contributed by atoms with Gasteiger partial charge in [-0.15, -0.1) is 0 Å². The molecule has 9 heteroatoms. The number of para-hydroxylation sites is 1. The normalized spacial score (nSPS) is 12.4. The van der Waals surface area contributed by atoms with Gasteiger partial charge < -0.3 is 24.9 Å². The number of carboxylic acids is 1. The van der Waals surface area contributed by atoms with E-state index in [0.29, 0.717) is 33.8 Å². The molecule has 214 valence electrons. The Bertz CT molecular complexity index is 1480. The first-order valence-corrected chi connectivity index (χ1v) is 13.6. The molecule has 42 heavy (non-hydrogen) atoms. The Morgan fingerprint density at radius 3 is 2.10 bits per heavy atom. The maximum atomic E-state index is 14.1. The van der Waals surface area contributed by atoms with E-state index in [1.54, 1.807) is 24.3 Å². The fraction of sp³-hybridized carbons (Fsp3) is 0.273. The molecule has 1 unspecified atom stereocenters. The van der Waals surface area contributed by atoms with Gasteiger partial charge in [-0.1, -0.05) is 62.4 Å². The minimum absolute atomic E-state index is 0. The second-order valence-corrected chi connectivity index (χ2v) is 10.3. The second-order valence-electron chi connectivity index (χ2n) is 10.3. The monoisotopic (exact) mass is 582 g/mol. The van der Waals surface area contributed by atoms with Crippen molar-refractivity contribution in [1.29, 1.82) is 0 Å². The minimum Gasteiger partial charge on any atom is -0.550 e. The summed E-state index contributed by atoms with van der Waals surface area (Å²) in [6.45, 7) is 4.13. The molecular weight excluding hydrogens is 549 g/mol. The third-order valence-electron chi connectivity index (χ3n) is 6.89. The van der Waals surface area contributed by atoms with E-state index in [4.69, 9.17) is 0 Å². The van der Waals surface area contributed by atoms with Gasteiger partial charge in [-0.25, -0.2) is 8.78 Å². The first kappa shape index (κ1) is 33.2. The molecule has 0 saturated carbocycles. The summed E-state index contributed by atoms with van der Waals surface area (Å²) in [6.07, 6.45) is -3.92. The largest absolute Gasteiger partial charge is 1.00 e. The van der Waals surface area contributed by atoms with Crippen molar-refractivity contribution in [2.45, 2.75) is 57.8 Å². The van der Waals surface area contributed by atoms with Crippen LogP contribution in [0.25, 0.3) is 22.4 Å². The maximum Gasteiger partial charge on any atom is 1.00 e. The fourth-order valence-corrected chi connectivity index (χ4v) is 5.16. The molecule has 4 aromatic rings. The van der Waals surface area contributed by atoms with Crippen molar-refractivity contribution in [2.24, 2.45) is 0 Å². The van der Waals surface area contributed by atoms with Crippen molar-refractivity contribution in [3.8, 4) is 22.4 Å². The van der Waals surface area contributed by atoms with Crippen LogP contribution in [0.2, 0.25) is 0 Å². The topological polar surface area (TPSA) is 94.4 Å². The predicted molar refractivity (Wildman–Crippen MR) is 154 cm³/mol. The van der Waals surface area contributed by atoms with Crippen LogP contribution in [0, 0.1) is 5.82 Å². The zero-order valence-corrected chi connectivity index (χ0v) is 26.0. The van der Waals surface area contributed by atoms with Gasteiger partial charge in [-0.05, 0) is 59.9 Å². The SMILES string of the molecule is CC(C)c1c(C(=O)Nc2ccccc2)c(-c2ccccc2)c(-c2ccc(F)cc2)n1CCC(O)C[C@H](F)CC(=O)[O-].[Na+]. The Morgan fingerprint density at radius 1 is 0.929 bits per heavy atom. The van der Waals surface area contributed by atoms with Crippen LogP contribution in [0.3, 0.4) is 0 Å². The van der Waals surface area contributed by atoms with Gasteiger partial charge >= 0.3 is 29.6 Å². The Morgan fingerprint density at radius 2 is 1.52 bits per heavy atom. The van der Waals surface area contributed by atoms with Crippen molar-refractivity contribution >= 4 is 17.6 Å². The number of nitrogens with one attached hydrogen (secondary N) is 1. The molecule has 0 fully saturated rings. The number of aliphatic hydroxyl groups excluding tert-OH is 1. The number of benzene rings is 3. The van der Waals surface area contributed by atoms with Crippen LogP contribution in [0.1, 0.15) is 55.1 Å². The van der Waals surface area contributed by atoms with Crippen LogP contribution in [0.15, 0.2) is 84.9 Å². The third kappa shape index (κ3) is 8.16. The number of aromatic nitrogens is 1. The molecule has 0 radical (unpaired) electrons. The summed E-state index contributed by atoms with van der Waals surface area (Å²) in [6, 6.07) is 24.5. The Hall–Kier alpha value is -3.30. The number of anilines is 1. The van der Waals surface area contributed by atoms with E-state index in [0.717, 1.165) is 5.56 Å². The van der Waals surface area contributed by atoms with E-state index < -0.39 is 30.5 Å². The molecule has 2 N–H and O–H groups in total. The number of amides is 1. The molecule has 6 nitrogen and oxygen atoms in total. The van der Waals surface area contributed by atoms with Gasteiger partial charge in [-0.3, -0.25) is 4.79 Å². The van der Waals surface area contributed by atoms with E-state index >= 15 is 0 Å². The van der Waals surface area contributed by atoms with Crippen LogP contribution in [0.5, 0.6) is 0 Å². The van der Waals surface area contributed by atoms with Gasteiger partial charge in [0.2, 0.25) is 0 Å². The zero-order valence-electron chi connectivity index (χ0n) is 24.0. The van der Waals surface area contributed by atoms with Crippen molar-refractivity contribution in [3.63, 3.8) is 0 Å². The Labute approximate surface area is 266 Å². The number of carbonyl (C=O) groups is 2. The minimum atomic E-state index is -1.74. The summed E-state index contributed by atoms with van der Waals surface area (Å²) in [5, 5.41) is 24.4. The van der Waals surface area contributed by atoms with Crippen molar-refractivity contribution < 1.29 is 58.1 Å². The number of hydrogen-bond donors (Lipinski definition) is 2. The summed E-state index contributed by atoms with van der Waals surface area (Å²) in [5.41, 5.74) is 4.55. The van der Waals surface area contributed by atoms with Gasteiger partial charge in [0.1, 0.15) is 12.0 Å². The number of rotatable bonds is 12. The predicted octanol–water partition coefficient (Wildman–Crippen LogP) is 2.96. The summed E-state index contributed by atoms with van der Waals surface area (Å²) >= 11 is 0. The number of halogens is 2. The summed E-state index contributed by atoms with van der Waals surface area (Å²) < 4.78 is 30.1. The average Bonchev–Trinajstić information content (AvgIpc) is 3.28. The fourth-order valence-electron chi connectivity index (χ4n) is 5.16. The molecule has 0 saturated heterocycles. The molecular formula is C33H33F2N2NaO4. The Kier molecular flexibility index (Phi) is 12.1. The van der Waals surface area contributed by atoms with E-state index in [1.807, 2.05) is 66.9 Å². The van der Waals surface area contributed by atoms with E-state index in [1.165, 1.54) is 12.1 Å². The van der Waals surface area contributed by atoms with Crippen LogP contribution in [0.4, 0.5) is 14.5 Å². The number of carbonyl (C=O) groups excluding carboxylic acids is 2. The second kappa shape index (κ2) is 15.3. The molecule has 2 atom stereocenters. The number of carboxylic acid groups (broad SMARTS) is 1. The molecule has 0 aliphatic carbocycles. The number of hydrogen-bond acceptors (Lipinski definition) is 4. The smallest absolute Gasteiger partial charge is 0.550 e. The van der Waals surface area contributed by atoms with Crippen LogP contribution >= 0.6 is 0 Å². The molecule has 0 spiro atoms. The molecule has 4 rings (SSSR count). The van der Waals surface area contributed by atoms with Crippen molar-refractivity contribution in [1.82, 2.24) is 4.57 Å². The van der Waals surface area contributed by atoms with Crippen LogP contribution in [-0.4, -0.2) is 33.8 Å². The summed E-state index contributed by atoms with van der Waals surface area (Å²) in [4.78, 5) is 24.8. The van der Waals surface area contributed by atoms with E-state index in [9.17, 15) is 28.6 Å². The number of aliphatic carboxylic acids is 1. The molecule has 1 amide bonds. The van der Waals surface area contributed by atoms with Gasteiger partial charge in [0.25, 0.3) is 5.91 Å². The van der Waals surface area contributed by atoms with Crippen LogP contribution in [-0.2, 0) is 11.3 Å². The van der Waals surface area contributed by atoms with Gasteiger partial charge in [0, 0.05) is 42.3 Å². The van der Waals surface area contributed by atoms with Crippen LogP contribution < -0.4 is 40.0 Å². The maximum absolute atomic E-state index is 14.1. The summed E-state index contributed by atoms with van der Waals surface area (Å²) in [5.74, 6) is -2.39. The number of aliphatic hydroxyl groups is 1. The Balaban J connectivity index is 0.00000484.